The highest BCUT2D eigenvalue weighted by Gasteiger charge is 2.23. The van der Waals surface area contributed by atoms with Gasteiger partial charge in [-0.3, -0.25) is 9.36 Å². The highest BCUT2D eigenvalue weighted by Crippen LogP contribution is 2.38. The number of likely N-dealkylation sites (N-methyl/N-ethyl adjacent to an activating group) is 1. The number of aliphatic hydroxyl groups excluding tert-OH is 1. The normalized spacial score (nSPS) is 14.8. The Morgan fingerprint density at radius 3 is 1.45 bits per heavy atom. The van der Waals surface area contributed by atoms with Crippen LogP contribution >= 0.6 is 7.82 Å². The first-order valence-corrected chi connectivity index (χ1v) is 24.5. The minimum atomic E-state index is -4.60. The first kappa shape index (κ1) is 54.5. The van der Waals surface area contributed by atoms with E-state index in [-0.39, 0.29) is 12.5 Å². The second-order valence-electron chi connectivity index (χ2n) is 16.7. The van der Waals surface area contributed by atoms with E-state index in [0.29, 0.717) is 17.4 Å². The zero-order valence-corrected chi connectivity index (χ0v) is 38.0. The van der Waals surface area contributed by atoms with E-state index in [1.807, 2.05) is 27.2 Å². The molecule has 3 atom stereocenters. The molecule has 0 aliphatic rings. The summed E-state index contributed by atoms with van der Waals surface area (Å²) in [6.07, 6.45) is 48.7. The number of nitrogens with zero attached hydrogens (tertiary/aromatic N) is 1. The van der Waals surface area contributed by atoms with Crippen molar-refractivity contribution in [2.45, 2.75) is 206 Å². The van der Waals surface area contributed by atoms with E-state index in [1.54, 1.807) is 6.08 Å². The number of hydrogen-bond donors (Lipinski definition) is 2. The number of hydrogen-bond acceptors (Lipinski definition) is 6. The van der Waals surface area contributed by atoms with Crippen molar-refractivity contribution in [1.29, 1.82) is 0 Å². The number of rotatable bonds is 41. The van der Waals surface area contributed by atoms with Crippen molar-refractivity contribution in [1.82, 2.24) is 5.32 Å². The number of quaternary nitrogens is 1. The van der Waals surface area contributed by atoms with Gasteiger partial charge in [0.1, 0.15) is 13.2 Å². The fraction of sp³-hybridized carbons (Fsp3) is 0.809. The van der Waals surface area contributed by atoms with Crippen LogP contribution in [0, 0.1) is 0 Å². The molecule has 0 heterocycles. The van der Waals surface area contributed by atoms with Crippen LogP contribution < -0.4 is 10.2 Å². The molecule has 0 aliphatic carbocycles. The molecule has 0 spiro atoms. The number of amides is 1. The third kappa shape index (κ3) is 40.6. The maximum Gasteiger partial charge on any atom is 0.268 e. The number of unbranched alkanes of at least 4 members (excludes halogenated alkanes) is 22. The van der Waals surface area contributed by atoms with Crippen molar-refractivity contribution in [3.8, 4) is 0 Å². The molecule has 0 fully saturated rings. The topological polar surface area (TPSA) is 108 Å². The van der Waals surface area contributed by atoms with Gasteiger partial charge in [-0.05, 0) is 70.6 Å². The van der Waals surface area contributed by atoms with Crippen LogP contribution in [0.15, 0.2) is 48.6 Å². The van der Waals surface area contributed by atoms with Gasteiger partial charge < -0.3 is 28.8 Å². The van der Waals surface area contributed by atoms with Crippen molar-refractivity contribution in [3.05, 3.63) is 48.6 Å². The lowest BCUT2D eigenvalue weighted by molar-refractivity contribution is -0.870. The molecular formula is C47H89N2O6P. The Morgan fingerprint density at radius 1 is 0.607 bits per heavy atom. The zero-order chi connectivity index (χ0) is 41.4. The first-order valence-electron chi connectivity index (χ1n) is 23.0. The highest BCUT2D eigenvalue weighted by atomic mass is 31.2. The molecule has 9 heteroatoms. The summed E-state index contributed by atoms with van der Waals surface area (Å²) in [4.78, 5) is 25.3. The van der Waals surface area contributed by atoms with Crippen molar-refractivity contribution in [2.24, 2.45) is 0 Å². The molecule has 0 aromatic rings. The maximum atomic E-state index is 12.9. The number of phosphoric ester groups is 1. The molecule has 0 rings (SSSR count). The van der Waals surface area contributed by atoms with Crippen LogP contribution in [0.4, 0.5) is 0 Å². The van der Waals surface area contributed by atoms with Gasteiger partial charge in [0.05, 0.1) is 39.9 Å². The second-order valence-corrected chi connectivity index (χ2v) is 18.1. The first-order chi connectivity index (χ1) is 27.0. The Balaban J connectivity index is 4.45. The summed E-state index contributed by atoms with van der Waals surface area (Å²) in [6, 6.07) is -0.909. The molecule has 328 valence electrons. The van der Waals surface area contributed by atoms with Crippen LogP contribution in [0.2, 0.25) is 0 Å². The lowest BCUT2D eigenvalue weighted by Gasteiger charge is -2.29. The van der Waals surface area contributed by atoms with Crippen LogP contribution in [-0.2, 0) is 18.4 Å². The van der Waals surface area contributed by atoms with E-state index >= 15 is 0 Å². The van der Waals surface area contributed by atoms with Gasteiger partial charge in [0.15, 0.2) is 0 Å². The van der Waals surface area contributed by atoms with Crippen molar-refractivity contribution in [2.75, 3.05) is 40.9 Å². The van der Waals surface area contributed by atoms with Crippen molar-refractivity contribution >= 4 is 13.7 Å². The standard InChI is InChI=1S/C47H89N2O6P/c1-6-8-10-12-14-16-18-20-22-23-24-25-27-29-31-33-35-37-39-41-47(51)48-45(44-55-56(52,53)54-43-42-49(3,4)5)46(50)40-38-36-34-32-30-28-26-21-19-17-15-13-11-9-7-2/h19-22,30,32,38,40,45-46,50H,6-18,23-29,31,33-37,39,41-44H2,1-5H3,(H-,48,51,52,53)/b21-19+,22-20-,32-30+,40-38+. The number of carbonyl (C=O) groups is 1. The Morgan fingerprint density at radius 2 is 1.00 bits per heavy atom. The van der Waals surface area contributed by atoms with Gasteiger partial charge in [-0.2, -0.15) is 0 Å². The molecule has 8 nitrogen and oxygen atoms in total. The lowest BCUT2D eigenvalue weighted by atomic mass is 10.0. The molecule has 3 unspecified atom stereocenters. The van der Waals surface area contributed by atoms with Gasteiger partial charge in [-0.1, -0.05) is 165 Å². The van der Waals surface area contributed by atoms with Crippen LogP contribution in [0.1, 0.15) is 194 Å². The monoisotopic (exact) mass is 809 g/mol. The van der Waals surface area contributed by atoms with Gasteiger partial charge in [0.2, 0.25) is 5.91 Å². The van der Waals surface area contributed by atoms with E-state index < -0.39 is 26.6 Å². The second kappa shape index (κ2) is 38.9. The van der Waals surface area contributed by atoms with Gasteiger partial charge in [-0.15, -0.1) is 0 Å². The smallest absolute Gasteiger partial charge is 0.268 e. The SMILES string of the molecule is CCCCCCC/C=C/CC/C=C/CC/C=C/C(O)C(COP(=O)([O-])OCC[N+](C)(C)C)NC(=O)CCCCCCCCCCC/C=C\CCCCCCCC. The van der Waals surface area contributed by atoms with Gasteiger partial charge in [-0.25, -0.2) is 0 Å². The number of phosphoric acid groups is 1. The van der Waals surface area contributed by atoms with Crippen molar-refractivity contribution < 1.29 is 32.9 Å². The van der Waals surface area contributed by atoms with Gasteiger partial charge in [0.25, 0.3) is 7.82 Å². The molecule has 0 bridgehead atoms. The largest absolute Gasteiger partial charge is 0.756 e. The summed E-state index contributed by atoms with van der Waals surface area (Å²) in [5.41, 5.74) is 0. The van der Waals surface area contributed by atoms with Gasteiger partial charge in [0, 0.05) is 6.42 Å². The van der Waals surface area contributed by atoms with Crippen LogP contribution in [0.5, 0.6) is 0 Å². The van der Waals surface area contributed by atoms with E-state index in [1.165, 1.54) is 128 Å². The third-order valence-corrected chi connectivity index (χ3v) is 11.0. The maximum absolute atomic E-state index is 12.9. The minimum Gasteiger partial charge on any atom is -0.756 e. The summed E-state index contributed by atoms with van der Waals surface area (Å²) >= 11 is 0. The summed E-state index contributed by atoms with van der Waals surface area (Å²) in [5, 5.41) is 13.8. The molecule has 1 amide bonds. The van der Waals surface area contributed by atoms with Crippen LogP contribution in [0.3, 0.4) is 0 Å². The summed E-state index contributed by atoms with van der Waals surface area (Å²) in [7, 11) is 1.23. The average molecular weight is 809 g/mol. The van der Waals surface area contributed by atoms with Crippen molar-refractivity contribution in [3.63, 3.8) is 0 Å². The number of allylic oxidation sites excluding steroid dienone is 7. The fourth-order valence-electron chi connectivity index (χ4n) is 6.30. The Labute approximate surface area is 346 Å². The molecular weight excluding hydrogens is 719 g/mol. The number of carbonyl (C=O) groups excluding carboxylic acids is 1. The molecule has 56 heavy (non-hydrogen) atoms. The van der Waals surface area contributed by atoms with Crippen LogP contribution in [-0.4, -0.2) is 68.5 Å². The molecule has 0 saturated carbocycles. The fourth-order valence-corrected chi connectivity index (χ4v) is 7.02. The molecule has 2 N–H and O–H groups in total. The lowest BCUT2D eigenvalue weighted by Crippen LogP contribution is -2.45. The summed E-state index contributed by atoms with van der Waals surface area (Å²) in [5.74, 6) is -0.216. The van der Waals surface area contributed by atoms with Crippen LogP contribution in [0.25, 0.3) is 0 Å². The number of aliphatic hydroxyl groups is 1. The highest BCUT2D eigenvalue weighted by molar-refractivity contribution is 7.45. The Kier molecular flexibility index (Phi) is 37.9. The summed E-state index contributed by atoms with van der Waals surface area (Å²) in [6.45, 7) is 4.59. The minimum absolute atomic E-state index is 0.0102. The predicted octanol–water partition coefficient (Wildman–Crippen LogP) is 12.2. The molecule has 0 aliphatic heterocycles. The predicted molar refractivity (Wildman–Crippen MR) is 238 cm³/mol. The summed E-state index contributed by atoms with van der Waals surface area (Å²) < 4.78 is 23.2. The third-order valence-electron chi connectivity index (χ3n) is 9.99. The molecule has 0 aromatic carbocycles. The van der Waals surface area contributed by atoms with E-state index in [9.17, 15) is 19.4 Å². The molecule has 0 aromatic heterocycles. The molecule has 0 radical (unpaired) electrons. The average Bonchev–Trinajstić information content (AvgIpc) is 3.15. The molecule has 0 saturated heterocycles. The number of nitrogens with one attached hydrogen (secondary N) is 1. The quantitative estimate of drug-likeness (QED) is 0.0276. The Hall–Kier alpha value is -1.54. The van der Waals surface area contributed by atoms with E-state index in [0.717, 1.165) is 44.9 Å². The Bertz CT molecular complexity index is 1050. The van der Waals surface area contributed by atoms with E-state index in [2.05, 4.69) is 55.6 Å². The van der Waals surface area contributed by atoms with E-state index in [4.69, 9.17) is 9.05 Å². The van der Waals surface area contributed by atoms with Gasteiger partial charge >= 0.3 is 0 Å². The zero-order valence-electron chi connectivity index (χ0n) is 37.1.